The van der Waals surface area contributed by atoms with Gasteiger partial charge in [0.1, 0.15) is 22.7 Å². The monoisotopic (exact) mass is 310 g/mol. The molecule has 0 radical (unpaired) electrons. The summed E-state index contributed by atoms with van der Waals surface area (Å²) in [7, 11) is -3.71. The van der Waals surface area contributed by atoms with Gasteiger partial charge in [0.25, 0.3) is 10.0 Å². The highest BCUT2D eigenvalue weighted by Crippen LogP contribution is 2.22. The van der Waals surface area contributed by atoms with Gasteiger partial charge in [-0.2, -0.15) is 0 Å². The van der Waals surface area contributed by atoms with E-state index < -0.39 is 10.0 Å². The lowest BCUT2D eigenvalue weighted by Crippen LogP contribution is -2.21. The number of hydrogen-bond donors (Lipinski definition) is 2. The molecule has 21 heavy (non-hydrogen) atoms. The number of aromatic nitrogens is 2. The molecule has 114 valence electrons. The number of hydrogen-bond acceptors (Lipinski definition) is 6. The second-order valence-electron chi connectivity index (χ2n) is 4.90. The van der Waals surface area contributed by atoms with Gasteiger partial charge in [-0.05, 0) is 6.92 Å². The van der Waals surface area contributed by atoms with Crippen LogP contribution in [-0.4, -0.2) is 24.4 Å². The molecule has 0 aliphatic rings. The van der Waals surface area contributed by atoms with E-state index in [2.05, 4.69) is 20.0 Å². The van der Waals surface area contributed by atoms with Gasteiger partial charge in [-0.15, -0.1) is 0 Å². The zero-order valence-electron chi connectivity index (χ0n) is 12.1. The topological polar surface area (TPSA) is 97.1 Å². The van der Waals surface area contributed by atoms with E-state index in [1.165, 1.54) is 24.8 Å². The average molecular weight is 310 g/mol. The third-order valence-corrected chi connectivity index (χ3v) is 4.20. The highest BCUT2D eigenvalue weighted by atomic mass is 32.2. The molecule has 0 amide bonds. The maximum absolute atomic E-state index is 12.3. The highest BCUT2D eigenvalue weighted by Gasteiger charge is 2.21. The molecule has 0 saturated carbocycles. The third kappa shape index (κ3) is 4.02. The number of anilines is 1. The van der Waals surface area contributed by atoms with Crippen LogP contribution in [-0.2, 0) is 16.6 Å². The van der Waals surface area contributed by atoms with E-state index in [4.69, 9.17) is 4.42 Å². The van der Waals surface area contributed by atoms with E-state index in [1.54, 1.807) is 6.92 Å². The van der Waals surface area contributed by atoms with Gasteiger partial charge >= 0.3 is 0 Å². The van der Waals surface area contributed by atoms with Crippen LogP contribution in [0.5, 0.6) is 0 Å². The summed E-state index contributed by atoms with van der Waals surface area (Å²) in [6.45, 7) is 6.10. The Kier molecular flexibility index (Phi) is 4.59. The second kappa shape index (κ2) is 6.23. The summed E-state index contributed by atoms with van der Waals surface area (Å²) in [5.41, 5.74) is 0.306. The number of furan rings is 1. The van der Waals surface area contributed by atoms with Crippen molar-refractivity contribution in [3.63, 3.8) is 0 Å². The molecule has 0 aliphatic heterocycles. The van der Waals surface area contributed by atoms with Crippen LogP contribution in [0.2, 0.25) is 0 Å². The van der Waals surface area contributed by atoms with Crippen molar-refractivity contribution in [2.45, 2.75) is 38.3 Å². The minimum absolute atomic E-state index is 0.118. The lowest BCUT2D eigenvalue weighted by molar-refractivity contribution is 0.444. The van der Waals surface area contributed by atoms with Crippen LogP contribution in [0.4, 0.5) is 5.69 Å². The van der Waals surface area contributed by atoms with Gasteiger partial charge in [0.15, 0.2) is 0 Å². The zero-order valence-corrected chi connectivity index (χ0v) is 12.9. The van der Waals surface area contributed by atoms with Gasteiger partial charge in [-0.1, -0.05) is 13.8 Å². The molecular weight excluding hydrogens is 292 g/mol. The number of sulfonamides is 1. The minimum atomic E-state index is -3.71. The van der Waals surface area contributed by atoms with Crippen LogP contribution < -0.4 is 10.0 Å². The van der Waals surface area contributed by atoms with Crippen molar-refractivity contribution in [2.24, 2.45) is 0 Å². The van der Waals surface area contributed by atoms with Crippen molar-refractivity contribution in [1.82, 2.24) is 15.3 Å². The van der Waals surface area contributed by atoms with Crippen molar-refractivity contribution in [1.29, 1.82) is 0 Å². The Bertz CT molecular complexity index is 695. The maximum Gasteiger partial charge on any atom is 0.265 e. The third-order valence-electron chi connectivity index (χ3n) is 2.71. The van der Waals surface area contributed by atoms with E-state index in [-0.39, 0.29) is 10.9 Å². The number of nitrogens with one attached hydrogen (secondary N) is 2. The van der Waals surface area contributed by atoms with Gasteiger partial charge in [0, 0.05) is 12.1 Å². The molecule has 0 fully saturated rings. The molecular formula is C13H18N4O3S. The molecule has 2 aromatic rings. The summed E-state index contributed by atoms with van der Waals surface area (Å²) in [6.07, 6.45) is 4.11. The van der Waals surface area contributed by atoms with E-state index in [0.717, 1.165) is 0 Å². The molecule has 8 heteroatoms. The largest absolute Gasteiger partial charge is 0.464 e. The average Bonchev–Trinajstić information content (AvgIpc) is 2.79. The fraction of sp³-hybridized carbons (Fsp3) is 0.385. The molecule has 0 spiro atoms. The van der Waals surface area contributed by atoms with Gasteiger partial charge in [0.05, 0.1) is 24.6 Å². The normalized spacial score (nSPS) is 11.8. The van der Waals surface area contributed by atoms with E-state index in [1.807, 2.05) is 13.8 Å². The summed E-state index contributed by atoms with van der Waals surface area (Å²) >= 11 is 0. The molecule has 2 N–H and O–H groups in total. The van der Waals surface area contributed by atoms with Gasteiger partial charge in [0.2, 0.25) is 0 Å². The number of rotatable bonds is 6. The first-order valence-electron chi connectivity index (χ1n) is 6.49. The molecule has 0 aliphatic carbocycles. The fourth-order valence-corrected chi connectivity index (χ4v) is 2.98. The van der Waals surface area contributed by atoms with Crippen LogP contribution in [0, 0.1) is 6.92 Å². The Labute approximate surface area is 123 Å². The maximum atomic E-state index is 12.3. The Morgan fingerprint density at radius 1 is 1.29 bits per heavy atom. The Balaban J connectivity index is 2.20. The molecule has 2 rings (SSSR count). The fourth-order valence-electron chi connectivity index (χ4n) is 1.74. The molecule has 7 nitrogen and oxygen atoms in total. The summed E-state index contributed by atoms with van der Waals surface area (Å²) in [4.78, 5) is 7.65. The first-order valence-corrected chi connectivity index (χ1v) is 7.97. The van der Waals surface area contributed by atoms with Crippen molar-refractivity contribution in [3.05, 3.63) is 36.3 Å². The zero-order chi connectivity index (χ0) is 15.5. The summed E-state index contributed by atoms with van der Waals surface area (Å²) in [5.74, 6) is 0.922. The molecule has 0 unspecified atom stereocenters. The first kappa shape index (κ1) is 15.5. The van der Waals surface area contributed by atoms with Gasteiger partial charge in [-0.3, -0.25) is 4.72 Å². The molecule has 2 aromatic heterocycles. The van der Waals surface area contributed by atoms with E-state index >= 15 is 0 Å². The van der Waals surface area contributed by atoms with Crippen LogP contribution in [0.1, 0.15) is 25.4 Å². The van der Waals surface area contributed by atoms with E-state index in [9.17, 15) is 8.42 Å². The Morgan fingerprint density at radius 2 is 1.95 bits per heavy atom. The smallest absolute Gasteiger partial charge is 0.265 e. The Morgan fingerprint density at radius 3 is 2.57 bits per heavy atom. The van der Waals surface area contributed by atoms with E-state index in [0.29, 0.717) is 23.8 Å². The molecule has 0 aromatic carbocycles. The SMILES string of the molecule is Cc1oc(CNC(C)C)cc1S(=O)(=O)Nc1cncnc1. The van der Waals surface area contributed by atoms with Gasteiger partial charge in [-0.25, -0.2) is 18.4 Å². The summed E-state index contributed by atoms with van der Waals surface area (Å²) < 4.78 is 32.6. The molecule has 0 bridgehead atoms. The van der Waals surface area contributed by atoms with Gasteiger partial charge < -0.3 is 9.73 Å². The number of nitrogens with zero attached hydrogens (tertiary/aromatic N) is 2. The van der Waals surface area contributed by atoms with Crippen LogP contribution in [0.15, 0.2) is 34.1 Å². The standard InChI is InChI=1S/C13H18N4O3S/c1-9(2)16-7-12-4-13(10(3)20-12)21(18,19)17-11-5-14-8-15-6-11/h4-6,8-9,16-17H,7H2,1-3H3. The molecule has 0 atom stereocenters. The quantitative estimate of drug-likeness (QED) is 0.842. The lowest BCUT2D eigenvalue weighted by atomic mass is 10.3. The summed E-state index contributed by atoms with van der Waals surface area (Å²) in [5, 5.41) is 3.17. The predicted molar refractivity (Wildman–Crippen MR) is 78.3 cm³/mol. The van der Waals surface area contributed by atoms with Crippen molar-refractivity contribution in [3.8, 4) is 0 Å². The second-order valence-corrected chi connectivity index (χ2v) is 6.55. The molecule has 0 saturated heterocycles. The number of aryl methyl sites for hydroxylation is 1. The molecule has 2 heterocycles. The summed E-state index contributed by atoms with van der Waals surface area (Å²) in [6, 6.07) is 1.81. The lowest BCUT2D eigenvalue weighted by Gasteiger charge is -2.05. The highest BCUT2D eigenvalue weighted by molar-refractivity contribution is 7.92. The first-order chi connectivity index (χ1) is 9.88. The predicted octanol–water partition coefficient (Wildman–Crippen LogP) is 1.68. The minimum Gasteiger partial charge on any atom is -0.464 e. The van der Waals surface area contributed by atoms with Crippen LogP contribution >= 0.6 is 0 Å². The van der Waals surface area contributed by atoms with Crippen LogP contribution in [0.3, 0.4) is 0 Å². The Hall–Kier alpha value is -1.93. The van der Waals surface area contributed by atoms with Crippen molar-refractivity contribution in [2.75, 3.05) is 4.72 Å². The van der Waals surface area contributed by atoms with Crippen molar-refractivity contribution < 1.29 is 12.8 Å². The van der Waals surface area contributed by atoms with Crippen LogP contribution in [0.25, 0.3) is 0 Å². The van der Waals surface area contributed by atoms with Crippen molar-refractivity contribution >= 4 is 15.7 Å².